The van der Waals surface area contributed by atoms with Crippen LogP contribution in [-0.2, 0) is 5.41 Å². The number of allylic oxidation sites excluding steroid dienone is 7. The second-order valence-electron chi connectivity index (χ2n) is 11.5. The van der Waals surface area contributed by atoms with Crippen molar-refractivity contribution >= 4 is 17.2 Å². The Bertz CT molecular complexity index is 1460. The summed E-state index contributed by atoms with van der Waals surface area (Å²) in [7, 11) is 0. The Morgan fingerprint density at radius 3 is 2.46 bits per heavy atom. The second-order valence-corrected chi connectivity index (χ2v) is 11.5. The van der Waals surface area contributed by atoms with Crippen LogP contribution in [0.15, 0.2) is 113 Å². The van der Waals surface area contributed by atoms with Gasteiger partial charge >= 0.3 is 0 Å². The largest absolute Gasteiger partial charge is 0.298 e. The van der Waals surface area contributed by atoms with Crippen molar-refractivity contribution in [1.82, 2.24) is 0 Å². The zero-order valence-corrected chi connectivity index (χ0v) is 22.2. The Labute approximate surface area is 221 Å². The average molecular weight is 483 g/mol. The Hall–Kier alpha value is -3.83. The molecule has 1 fully saturated rings. The number of benzene rings is 2. The van der Waals surface area contributed by atoms with Crippen LogP contribution < -0.4 is 4.90 Å². The van der Waals surface area contributed by atoms with E-state index < -0.39 is 0 Å². The van der Waals surface area contributed by atoms with E-state index in [2.05, 4.69) is 129 Å². The quantitative estimate of drug-likeness (QED) is 0.403. The van der Waals surface area contributed by atoms with Gasteiger partial charge in [-0.15, -0.1) is 0 Å². The van der Waals surface area contributed by atoms with E-state index in [1.807, 2.05) is 6.08 Å². The lowest BCUT2D eigenvalue weighted by Crippen LogP contribution is -2.39. The molecule has 2 heteroatoms. The third kappa shape index (κ3) is 4.56. The summed E-state index contributed by atoms with van der Waals surface area (Å²) in [5.41, 5.74) is 9.24. The highest BCUT2D eigenvalue weighted by atomic mass is 15.2. The van der Waals surface area contributed by atoms with Gasteiger partial charge in [-0.25, -0.2) is 0 Å². The molecule has 0 aromatic heterocycles. The van der Waals surface area contributed by atoms with Crippen LogP contribution in [-0.4, -0.2) is 11.9 Å². The molecule has 4 aliphatic rings. The molecule has 2 aromatic carbocycles. The molecule has 1 heterocycles. The molecule has 0 amide bonds. The highest BCUT2D eigenvalue weighted by molar-refractivity contribution is 6.14. The van der Waals surface area contributed by atoms with Gasteiger partial charge in [-0.05, 0) is 69.9 Å². The normalized spacial score (nSPS) is 24.4. The zero-order chi connectivity index (χ0) is 25.6. The fraction of sp³-hybridized carbons (Fsp3) is 0.286. The van der Waals surface area contributed by atoms with Crippen LogP contribution >= 0.6 is 0 Å². The van der Waals surface area contributed by atoms with Gasteiger partial charge in [0, 0.05) is 18.0 Å². The lowest BCUT2D eigenvalue weighted by Gasteiger charge is -2.37. The van der Waals surface area contributed by atoms with Gasteiger partial charge in [-0.3, -0.25) is 9.89 Å². The number of anilines is 1. The number of hydrogen-bond donors (Lipinski definition) is 0. The molecule has 0 spiro atoms. The minimum absolute atomic E-state index is 0.136. The van der Waals surface area contributed by atoms with E-state index in [4.69, 9.17) is 4.99 Å². The molecule has 37 heavy (non-hydrogen) atoms. The molecule has 0 N–H and O–H groups in total. The van der Waals surface area contributed by atoms with E-state index in [-0.39, 0.29) is 11.3 Å². The summed E-state index contributed by atoms with van der Waals surface area (Å²) in [6.07, 6.45) is 15.2. The van der Waals surface area contributed by atoms with Gasteiger partial charge in [0.25, 0.3) is 0 Å². The molecule has 0 saturated heterocycles. The van der Waals surface area contributed by atoms with Gasteiger partial charge in [-0.2, -0.15) is 0 Å². The van der Waals surface area contributed by atoms with Crippen molar-refractivity contribution in [2.45, 2.75) is 52.0 Å². The topological polar surface area (TPSA) is 15.6 Å². The second kappa shape index (κ2) is 9.24. The molecule has 0 radical (unpaired) electrons. The summed E-state index contributed by atoms with van der Waals surface area (Å²) in [6, 6.07) is 20.3. The van der Waals surface area contributed by atoms with Crippen molar-refractivity contribution in [1.29, 1.82) is 0 Å². The van der Waals surface area contributed by atoms with Crippen LogP contribution in [0.1, 0.15) is 51.7 Å². The lowest BCUT2D eigenvalue weighted by molar-refractivity contribution is 0.590. The standard InChI is InChI=1S/C35H34N2/c1-24-22-27(25-12-8-5-6-9-13-25)18-21-30(24)34-36-32-23-31(32)33(37(34)29-14-10-7-11-15-29)26-16-19-28(20-17-26)35(2,3)4/h7-8,10-22,24,30,32H,9,23H2,1-4H3/t24-,30?,32?/m1/s1. The summed E-state index contributed by atoms with van der Waals surface area (Å²) >= 11 is 0. The predicted molar refractivity (Wildman–Crippen MR) is 156 cm³/mol. The summed E-state index contributed by atoms with van der Waals surface area (Å²) in [5, 5.41) is 0. The highest BCUT2D eigenvalue weighted by Crippen LogP contribution is 2.48. The Morgan fingerprint density at radius 2 is 1.73 bits per heavy atom. The Kier molecular flexibility index (Phi) is 5.88. The van der Waals surface area contributed by atoms with Crippen molar-refractivity contribution < 1.29 is 0 Å². The third-order valence-electron chi connectivity index (χ3n) is 7.73. The fourth-order valence-electron chi connectivity index (χ4n) is 5.55. The van der Waals surface area contributed by atoms with Crippen LogP contribution in [0.3, 0.4) is 0 Å². The molecule has 0 bridgehead atoms. The summed E-state index contributed by atoms with van der Waals surface area (Å²) < 4.78 is 0. The van der Waals surface area contributed by atoms with Gasteiger partial charge in [0.15, 0.2) is 0 Å². The fourth-order valence-corrected chi connectivity index (χ4v) is 5.55. The SMILES string of the molecule is C[C@@H]1C=C(C2=CCC#CC=C2)C=CC1C1=NC2CC2=C(c2ccc(C(C)(C)C)cc2)N1c1ccccc1. The molecule has 6 rings (SSSR count). The van der Waals surface area contributed by atoms with Gasteiger partial charge in [0.05, 0.1) is 11.7 Å². The molecule has 2 nitrogen and oxygen atoms in total. The molecule has 2 unspecified atom stereocenters. The van der Waals surface area contributed by atoms with E-state index in [1.54, 1.807) is 0 Å². The van der Waals surface area contributed by atoms with Gasteiger partial charge in [-0.1, -0.05) is 106 Å². The minimum atomic E-state index is 0.136. The highest BCUT2D eigenvalue weighted by Gasteiger charge is 2.43. The van der Waals surface area contributed by atoms with Crippen LogP contribution in [0, 0.1) is 23.7 Å². The molecule has 3 atom stereocenters. The number of aliphatic imine (C=N–C) groups is 1. The first-order valence-electron chi connectivity index (χ1n) is 13.4. The van der Waals surface area contributed by atoms with Gasteiger partial charge < -0.3 is 0 Å². The molecule has 1 saturated carbocycles. The Morgan fingerprint density at radius 1 is 0.946 bits per heavy atom. The van der Waals surface area contributed by atoms with Crippen molar-refractivity contribution in [3.05, 3.63) is 119 Å². The summed E-state index contributed by atoms with van der Waals surface area (Å²) in [4.78, 5) is 7.77. The monoisotopic (exact) mass is 482 g/mol. The van der Waals surface area contributed by atoms with E-state index in [1.165, 1.54) is 39.2 Å². The first kappa shape index (κ1) is 23.6. The summed E-state index contributed by atoms with van der Waals surface area (Å²) in [6.45, 7) is 9.14. The number of para-hydroxylation sites is 1. The van der Waals surface area contributed by atoms with Crippen molar-refractivity contribution in [2.24, 2.45) is 16.8 Å². The molecule has 2 aromatic rings. The molecule has 1 aliphatic heterocycles. The van der Waals surface area contributed by atoms with Crippen molar-refractivity contribution in [3.8, 4) is 11.8 Å². The van der Waals surface area contributed by atoms with Crippen molar-refractivity contribution in [3.63, 3.8) is 0 Å². The number of nitrogens with zero attached hydrogens (tertiary/aromatic N) is 2. The Balaban J connectivity index is 1.38. The lowest BCUT2D eigenvalue weighted by atomic mass is 9.82. The first-order chi connectivity index (χ1) is 17.9. The van der Waals surface area contributed by atoms with Crippen LogP contribution in [0.25, 0.3) is 5.70 Å². The van der Waals surface area contributed by atoms with Gasteiger partial charge in [0.1, 0.15) is 5.84 Å². The number of fused-ring (bicyclic) bond motifs is 1. The third-order valence-corrected chi connectivity index (χ3v) is 7.73. The molecular formula is C35H34N2. The van der Waals surface area contributed by atoms with Crippen LogP contribution in [0.2, 0.25) is 0 Å². The average Bonchev–Trinajstić information content (AvgIpc) is 3.71. The molecular weight excluding hydrogens is 448 g/mol. The first-order valence-corrected chi connectivity index (χ1v) is 13.4. The van der Waals surface area contributed by atoms with Crippen molar-refractivity contribution in [2.75, 3.05) is 4.90 Å². The summed E-state index contributed by atoms with van der Waals surface area (Å²) in [5.74, 6) is 7.94. The molecule has 3 aliphatic carbocycles. The zero-order valence-electron chi connectivity index (χ0n) is 22.2. The van der Waals surface area contributed by atoms with Gasteiger partial charge in [0.2, 0.25) is 0 Å². The van der Waals surface area contributed by atoms with Crippen LogP contribution in [0.5, 0.6) is 0 Å². The maximum atomic E-state index is 5.33. The van der Waals surface area contributed by atoms with Crippen LogP contribution in [0.4, 0.5) is 5.69 Å². The predicted octanol–water partition coefficient (Wildman–Crippen LogP) is 8.02. The molecule has 184 valence electrons. The maximum absolute atomic E-state index is 5.33. The van der Waals surface area contributed by atoms with E-state index in [0.29, 0.717) is 12.0 Å². The number of rotatable bonds is 4. The minimum Gasteiger partial charge on any atom is -0.298 e. The smallest absolute Gasteiger partial charge is 0.116 e. The van der Waals surface area contributed by atoms with E-state index in [9.17, 15) is 0 Å². The van der Waals surface area contributed by atoms with E-state index in [0.717, 1.165) is 18.7 Å². The maximum Gasteiger partial charge on any atom is 0.116 e. The van der Waals surface area contributed by atoms with E-state index >= 15 is 0 Å². The number of hydrogen-bond acceptors (Lipinski definition) is 2. The number of amidine groups is 1.